The number of carbonyl (C=O) groups is 1. The van der Waals surface area contributed by atoms with E-state index in [1.54, 1.807) is 6.07 Å². The van der Waals surface area contributed by atoms with Crippen molar-refractivity contribution < 1.29 is 14.6 Å². The minimum absolute atomic E-state index is 0.257. The lowest BCUT2D eigenvalue weighted by Crippen LogP contribution is -2.47. The molecule has 1 saturated heterocycles. The van der Waals surface area contributed by atoms with Crippen LogP contribution >= 0.6 is 0 Å². The van der Waals surface area contributed by atoms with E-state index in [0.29, 0.717) is 5.56 Å². The number of carboxylic acid groups (broad SMARTS) is 1. The molecule has 1 fully saturated rings. The number of aromatic carboxylic acids is 1. The molecule has 0 radical (unpaired) electrons. The predicted octanol–water partition coefficient (Wildman–Crippen LogP) is 1.07. The molecule has 3 rings (SSSR count). The Morgan fingerprint density at radius 3 is 3.05 bits per heavy atom. The van der Waals surface area contributed by atoms with Crippen LogP contribution in [0.5, 0.6) is 0 Å². The molecule has 0 aliphatic carbocycles. The molecule has 0 amide bonds. The van der Waals surface area contributed by atoms with Crippen molar-refractivity contribution in [1.29, 1.82) is 0 Å². The minimum atomic E-state index is -0.822. The minimum Gasteiger partial charge on any atom is -0.478 e. The van der Waals surface area contributed by atoms with Gasteiger partial charge >= 0.3 is 5.97 Å². The third-order valence-electron chi connectivity index (χ3n) is 4.38. The fraction of sp³-hybridized carbons (Fsp3) is 0.562. The average molecular weight is 290 g/mol. The van der Waals surface area contributed by atoms with Gasteiger partial charge in [0, 0.05) is 32.7 Å². The zero-order chi connectivity index (χ0) is 14.8. The molecule has 0 spiro atoms. The molecule has 21 heavy (non-hydrogen) atoms. The molecular formula is C16H22N2O3. The second kappa shape index (κ2) is 6.13. The van der Waals surface area contributed by atoms with Crippen LogP contribution in [-0.2, 0) is 17.7 Å². The van der Waals surface area contributed by atoms with E-state index in [1.807, 2.05) is 12.1 Å². The summed E-state index contributed by atoms with van der Waals surface area (Å²) in [6.07, 6.45) is 1.06. The number of hydrogen-bond acceptors (Lipinski definition) is 4. The first-order chi connectivity index (χ1) is 10.1. The second-order valence-electron chi connectivity index (χ2n) is 5.99. The quantitative estimate of drug-likeness (QED) is 0.902. The molecule has 1 atom stereocenters. The lowest BCUT2D eigenvalue weighted by atomic mass is 9.94. The van der Waals surface area contributed by atoms with E-state index in [4.69, 9.17) is 4.74 Å². The first kappa shape index (κ1) is 14.5. The topological polar surface area (TPSA) is 53.0 Å². The van der Waals surface area contributed by atoms with Gasteiger partial charge in [0.1, 0.15) is 0 Å². The number of fused-ring (bicyclic) bond motifs is 1. The maximum atomic E-state index is 11.3. The highest BCUT2D eigenvalue weighted by Gasteiger charge is 2.25. The SMILES string of the molecule is CN1CCOC(CN2CCc3c(cccc3C(=O)O)C2)C1. The number of benzene rings is 1. The number of ether oxygens (including phenoxy) is 1. The smallest absolute Gasteiger partial charge is 0.335 e. The zero-order valence-corrected chi connectivity index (χ0v) is 12.4. The Bertz CT molecular complexity index is 532. The first-order valence-electron chi connectivity index (χ1n) is 7.50. The fourth-order valence-corrected chi connectivity index (χ4v) is 3.29. The summed E-state index contributed by atoms with van der Waals surface area (Å²) >= 11 is 0. The summed E-state index contributed by atoms with van der Waals surface area (Å²) in [7, 11) is 2.13. The number of carboxylic acids is 1. The van der Waals surface area contributed by atoms with Crippen molar-refractivity contribution in [3.05, 3.63) is 34.9 Å². The van der Waals surface area contributed by atoms with E-state index in [1.165, 1.54) is 0 Å². The van der Waals surface area contributed by atoms with Crippen molar-refractivity contribution in [1.82, 2.24) is 9.80 Å². The van der Waals surface area contributed by atoms with Crippen LogP contribution in [0.3, 0.4) is 0 Å². The summed E-state index contributed by atoms with van der Waals surface area (Å²) in [4.78, 5) is 15.9. The van der Waals surface area contributed by atoms with Crippen molar-refractivity contribution in [2.75, 3.05) is 39.8 Å². The highest BCUT2D eigenvalue weighted by atomic mass is 16.5. The summed E-state index contributed by atoms with van der Waals surface area (Å²) in [6.45, 7) is 5.41. The third-order valence-corrected chi connectivity index (χ3v) is 4.38. The summed E-state index contributed by atoms with van der Waals surface area (Å²) in [6, 6.07) is 5.59. The van der Waals surface area contributed by atoms with Gasteiger partial charge in [0.15, 0.2) is 0 Å². The summed E-state index contributed by atoms with van der Waals surface area (Å²) in [5.41, 5.74) is 2.61. The standard InChI is InChI=1S/C16H22N2O3/c1-17-7-8-21-13(10-17)11-18-6-5-14-12(9-18)3-2-4-15(14)16(19)20/h2-4,13H,5-11H2,1H3,(H,19,20). The van der Waals surface area contributed by atoms with Gasteiger partial charge in [0.05, 0.1) is 18.3 Å². The van der Waals surface area contributed by atoms with E-state index < -0.39 is 5.97 Å². The monoisotopic (exact) mass is 290 g/mol. The van der Waals surface area contributed by atoms with Crippen LogP contribution in [0.4, 0.5) is 0 Å². The Balaban J connectivity index is 1.67. The molecule has 114 valence electrons. The Hall–Kier alpha value is -1.43. The van der Waals surface area contributed by atoms with Crippen LogP contribution in [-0.4, -0.2) is 66.8 Å². The lowest BCUT2D eigenvalue weighted by Gasteiger charge is -2.36. The van der Waals surface area contributed by atoms with E-state index in [0.717, 1.165) is 56.9 Å². The molecule has 1 aromatic rings. The van der Waals surface area contributed by atoms with Gasteiger partial charge in [0.2, 0.25) is 0 Å². The third kappa shape index (κ3) is 3.26. The Labute approximate surface area is 125 Å². The summed E-state index contributed by atoms with van der Waals surface area (Å²) in [5.74, 6) is -0.822. The highest BCUT2D eigenvalue weighted by molar-refractivity contribution is 5.89. The van der Waals surface area contributed by atoms with Crippen LogP contribution in [0.15, 0.2) is 18.2 Å². The van der Waals surface area contributed by atoms with Gasteiger partial charge in [-0.15, -0.1) is 0 Å². The molecule has 1 unspecified atom stereocenters. The Morgan fingerprint density at radius 1 is 1.43 bits per heavy atom. The van der Waals surface area contributed by atoms with Crippen LogP contribution in [0, 0.1) is 0 Å². The number of nitrogens with zero attached hydrogens (tertiary/aromatic N) is 2. The maximum absolute atomic E-state index is 11.3. The van der Waals surface area contributed by atoms with Crippen LogP contribution in [0.2, 0.25) is 0 Å². The van der Waals surface area contributed by atoms with Crippen molar-refractivity contribution in [3.63, 3.8) is 0 Å². The summed E-state index contributed by atoms with van der Waals surface area (Å²) in [5, 5.41) is 9.26. The zero-order valence-electron chi connectivity index (χ0n) is 12.4. The van der Waals surface area contributed by atoms with Gasteiger partial charge in [-0.3, -0.25) is 4.90 Å². The molecule has 2 aliphatic heterocycles. The van der Waals surface area contributed by atoms with E-state index in [9.17, 15) is 9.90 Å². The van der Waals surface area contributed by atoms with Gasteiger partial charge in [-0.2, -0.15) is 0 Å². The molecule has 5 nitrogen and oxygen atoms in total. The fourth-order valence-electron chi connectivity index (χ4n) is 3.29. The lowest BCUT2D eigenvalue weighted by molar-refractivity contribution is -0.0373. The number of hydrogen-bond donors (Lipinski definition) is 1. The molecule has 1 aromatic carbocycles. The first-order valence-corrected chi connectivity index (χ1v) is 7.50. The normalized spacial score (nSPS) is 23.8. The van der Waals surface area contributed by atoms with Gasteiger partial charge in [-0.25, -0.2) is 4.79 Å². The predicted molar refractivity (Wildman–Crippen MR) is 79.6 cm³/mol. The van der Waals surface area contributed by atoms with Gasteiger partial charge in [0.25, 0.3) is 0 Å². The number of morpholine rings is 1. The van der Waals surface area contributed by atoms with Gasteiger partial charge < -0.3 is 14.7 Å². The molecule has 2 aliphatic rings. The van der Waals surface area contributed by atoms with Crippen molar-refractivity contribution in [2.24, 2.45) is 0 Å². The second-order valence-corrected chi connectivity index (χ2v) is 5.99. The molecule has 1 N–H and O–H groups in total. The van der Waals surface area contributed by atoms with E-state index in [-0.39, 0.29) is 6.10 Å². The molecule has 5 heteroatoms. The van der Waals surface area contributed by atoms with Crippen molar-refractivity contribution >= 4 is 5.97 Å². The van der Waals surface area contributed by atoms with Crippen molar-refractivity contribution in [3.8, 4) is 0 Å². The molecule has 0 saturated carbocycles. The maximum Gasteiger partial charge on any atom is 0.335 e. The molecule has 0 aromatic heterocycles. The summed E-state index contributed by atoms with van der Waals surface area (Å²) < 4.78 is 5.82. The van der Waals surface area contributed by atoms with E-state index in [2.05, 4.69) is 16.8 Å². The van der Waals surface area contributed by atoms with Crippen molar-refractivity contribution in [2.45, 2.75) is 19.1 Å². The van der Waals surface area contributed by atoms with Gasteiger partial charge in [-0.1, -0.05) is 12.1 Å². The Morgan fingerprint density at radius 2 is 2.29 bits per heavy atom. The largest absolute Gasteiger partial charge is 0.478 e. The van der Waals surface area contributed by atoms with E-state index >= 15 is 0 Å². The number of rotatable bonds is 3. The van der Waals surface area contributed by atoms with Crippen LogP contribution in [0.1, 0.15) is 21.5 Å². The number of likely N-dealkylation sites (N-methyl/N-ethyl adjacent to an activating group) is 1. The van der Waals surface area contributed by atoms with Crippen LogP contribution in [0.25, 0.3) is 0 Å². The van der Waals surface area contributed by atoms with Crippen LogP contribution < -0.4 is 0 Å². The molecular weight excluding hydrogens is 268 g/mol. The van der Waals surface area contributed by atoms with Gasteiger partial charge in [-0.05, 0) is 30.7 Å². The molecule has 0 bridgehead atoms. The highest BCUT2D eigenvalue weighted by Crippen LogP contribution is 2.23. The molecule has 2 heterocycles. The average Bonchev–Trinajstić information content (AvgIpc) is 2.46. The Kier molecular flexibility index (Phi) is 4.24.